The standard InChI is InChI=1S/C22H19NO/c24-22(15-16-23-17-18-7-3-1-4-8-18)21-13-11-20(12-14-21)19-9-5-2-6-10-19/h1-16,23H,17H2. The molecule has 2 nitrogen and oxygen atoms in total. The van der Waals surface area contributed by atoms with Crippen molar-refractivity contribution in [2.75, 3.05) is 0 Å². The minimum Gasteiger partial charge on any atom is -0.387 e. The maximum atomic E-state index is 12.2. The van der Waals surface area contributed by atoms with Crippen molar-refractivity contribution in [3.8, 4) is 11.1 Å². The van der Waals surface area contributed by atoms with Crippen molar-refractivity contribution in [2.45, 2.75) is 6.54 Å². The van der Waals surface area contributed by atoms with Crippen LogP contribution in [0, 0.1) is 0 Å². The number of nitrogens with one attached hydrogen (secondary N) is 1. The molecule has 3 aromatic rings. The first kappa shape index (κ1) is 15.8. The number of hydrogen-bond acceptors (Lipinski definition) is 2. The zero-order chi connectivity index (χ0) is 16.6. The minimum atomic E-state index is -0.00447. The van der Waals surface area contributed by atoms with E-state index in [0.717, 1.165) is 11.1 Å². The smallest absolute Gasteiger partial charge is 0.187 e. The number of rotatable bonds is 6. The minimum absolute atomic E-state index is 0.00447. The van der Waals surface area contributed by atoms with Crippen molar-refractivity contribution in [1.29, 1.82) is 0 Å². The highest BCUT2D eigenvalue weighted by atomic mass is 16.1. The summed E-state index contributed by atoms with van der Waals surface area (Å²) in [4.78, 5) is 12.2. The van der Waals surface area contributed by atoms with Crippen molar-refractivity contribution in [3.63, 3.8) is 0 Å². The Hall–Kier alpha value is -3.13. The average molecular weight is 313 g/mol. The summed E-state index contributed by atoms with van der Waals surface area (Å²) in [6, 6.07) is 27.9. The molecule has 0 amide bonds. The van der Waals surface area contributed by atoms with Gasteiger partial charge in [0, 0.05) is 24.4 Å². The summed E-state index contributed by atoms with van der Waals surface area (Å²) < 4.78 is 0. The molecule has 24 heavy (non-hydrogen) atoms. The Morgan fingerprint density at radius 1 is 0.750 bits per heavy atom. The van der Waals surface area contributed by atoms with Gasteiger partial charge in [0.15, 0.2) is 5.78 Å². The number of carbonyl (C=O) groups is 1. The van der Waals surface area contributed by atoms with E-state index in [2.05, 4.69) is 17.4 Å². The first-order valence-corrected chi connectivity index (χ1v) is 7.96. The lowest BCUT2D eigenvalue weighted by Crippen LogP contribution is -2.05. The van der Waals surface area contributed by atoms with Gasteiger partial charge in [-0.3, -0.25) is 4.79 Å². The van der Waals surface area contributed by atoms with Crippen molar-refractivity contribution in [1.82, 2.24) is 5.32 Å². The summed E-state index contributed by atoms with van der Waals surface area (Å²) >= 11 is 0. The number of allylic oxidation sites excluding steroid dienone is 1. The van der Waals surface area contributed by atoms with Crippen LogP contribution >= 0.6 is 0 Å². The zero-order valence-corrected chi connectivity index (χ0v) is 13.4. The molecule has 0 heterocycles. The largest absolute Gasteiger partial charge is 0.387 e. The summed E-state index contributed by atoms with van der Waals surface area (Å²) in [5.74, 6) is -0.00447. The molecule has 118 valence electrons. The lowest BCUT2D eigenvalue weighted by molar-refractivity contribution is 0.104. The van der Waals surface area contributed by atoms with Gasteiger partial charge in [-0.2, -0.15) is 0 Å². The highest BCUT2D eigenvalue weighted by molar-refractivity contribution is 6.04. The van der Waals surface area contributed by atoms with Crippen molar-refractivity contribution < 1.29 is 4.79 Å². The Bertz CT molecular complexity index is 806. The van der Waals surface area contributed by atoms with Crippen LogP contribution in [0.15, 0.2) is 97.2 Å². The molecule has 3 aromatic carbocycles. The fourth-order valence-electron chi connectivity index (χ4n) is 2.46. The van der Waals surface area contributed by atoms with Gasteiger partial charge in [0.25, 0.3) is 0 Å². The molecule has 2 heteroatoms. The molecule has 0 aliphatic heterocycles. The average Bonchev–Trinajstić information content (AvgIpc) is 2.67. The van der Waals surface area contributed by atoms with E-state index in [1.807, 2.05) is 72.8 Å². The van der Waals surface area contributed by atoms with Crippen LogP contribution in [0.5, 0.6) is 0 Å². The number of hydrogen-bond donors (Lipinski definition) is 1. The summed E-state index contributed by atoms with van der Waals surface area (Å²) in [6.45, 7) is 0.706. The topological polar surface area (TPSA) is 29.1 Å². The summed E-state index contributed by atoms with van der Waals surface area (Å²) in [5.41, 5.74) is 4.13. The van der Waals surface area contributed by atoms with Crippen LogP contribution in [0.2, 0.25) is 0 Å². The first-order chi connectivity index (χ1) is 11.8. The molecular weight excluding hydrogens is 294 g/mol. The number of ketones is 1. The highest BCUT2D eigenvalue weighted by Gasteiger charge is 2.02. The molecule has 0 aliphatic carbocycles. The molecule has 0 saturated carbocycles. The summed E-state index contributed by atoms with van der Waals surface area (Å²) in [7, 11) is 0. The Morgan fingerprint density at radius 3 is 2.00 bits per heavy atom. The molecule has 0 saturated heterocycles. The number of carbonyl (C=O) groups excluding carboxylic acids is 1. The zero-order valence-electron chi connectivity index (χ0n) is 13.4. The second-order valence-corrected chi connectivity index (χ2v) is 5.51. The monoisotopic (exact) mass is 313 g/mol. The number of benzene rings is 3. The van der Waals surface area contributed by atoms with Gasteiger partial charge in [0.2, 0.25) is 0 Å². The molecule has 0 unspecified atom stereocenters. The maximum absolute atomic E-state index is 12.2. The van der Waals surface area contributed by atoms with E-state index >= 15 is 0 Å². The second-order valence-electron chi connectivity index (χ2n) is 5.51. The normalized spacial score (nSPS) is 10.7. The molecule has 0 bridgehead atoms. The Morgan fingerprint density at radius 2 is 1.33 bits per heavy atom. The van der Waals surface area contributed by atoms with Gasteiger partial charge in [-0.15, -0.1) is 0 Å². The van der Waals surface area contributed by atoms with E-state index in [1.165, 1.54) is 5.56 Å². The Balaban J connectivity index is 1.58. The van der Waals surface area contributed by atoms with Crippen LogP contribution in [0.25, 0.3) is 11.1 Å². The maximum Gasteiger partial charge on any atom is 0.187 e. The fourth-order valence-corrected chi connectivity index (χ4v) is 2.46. The van der Waals surface area contributed by atoms with Crippen LogP contribution in [-0.2, 0) is 6.54 Å². The summed E-state index contributed by atoms with van der Waals surface area (Å²) in [6.07, 6.45) is 3.28. The van der Waals surface area contributed by atoms with E-state index in [1.54, 1.807) is 12.3 Å². The van der Waals surface area contributed by atoms with Gasteiger partial charge >= 0.3 is 0 Å². The van der Waals surface area contributed by atoms with Crippen LogP contribution in [-0.4, -0.2) is 5.78 Å². The van der Waals surface area contributed by atoms with Crippen LogP contribution in [0.1, 0.15) is 15.9 Å². The van der Waals surface area contributed by atoms with Crippen LogP contribution in [0.4, 0.5) is 0 Å². The van der Waals surface area contributed by atoms with Gasteiger partial charge in [-0.1, -0.05) is 84.9 Å². The third-order valence-electron chi connectivity index (χ3n) is 3.78. The molecule has 0 aliphatic rings. The van der Waals surface area contributed by atoms with E-state index < -0.39 is 0 Å². The lowest BCUT2D eigenvalue weighted by atomic mass is 10.0. The fraction of sp³-hybridized carbons (Fsp3) is 0.0455. The van der Waals surface area contributed by atoms with E-state index in [9.17, 15) is 4.79 Å². The molecule has 0 fully saturated rings. The third kappa shape index (κ3) is 4.20. The molecule has 0 spiro atoms. The van der Waals surface area contributed by atoms with Gasteiger partial charge in [0.1, 0.15) is 0 Å². The SMILES string of the molecule is O=C(C=CNCc1ccccc1)c1ccc(-c2ccccc2)cc1. The van der Waals surface area contributed by atoms with E-state index in [0.29, 0.717) is 12.1 Å². The van der Waals surface area contributed by atoms with Crippen molar-refractivity contribution in [2.24, 2.45) is 0 Å². The summed E-state index contributed by atoms with van der Waals surface area (Å²) in [5, 5.41) is 3.14. The van der Waals surface area contributed by atoms with E-state index in [4.69, 9.17) is 0 Å². The van der Waals surface area contributed by atoms with Crippen molar-refractivity contribution in [3.05, 3.63) is 108 Å². The highest BCUT2D eigenvalue weighted by Crippen LogP contribution is 2.19. The van der Waals surface area contributed by atoms with Crippen LogP contribution in [0.3, 0.4) is 0 Å². The van der Waals surface area contributed by atoms with Gasteiger partial charge in [0.05, 0.1) is 0 Å². The van der Waals surface area contributed by atoms with Crippen molar-refractivity contribution >= 4 is 5.78 Å². The predicted octanol–water partition coefficient (Wildman–Crippen LogP) is 4.84. The Labute approximate surface area is 142 Å². The van der Waals surface area contributed by atoms with Gasteiger partial charge in [-0.05, 0) is 16.7 Å². The van der Waals surface area contributed by atoms with E-state index in [-0.39, 0.29) is 5.78 Å². The second kappa shape index (κ2) is 7.93. The third-order valence-corrected chi connectivity index (χ3v) is 3.78. The van der Waals surface area contributed by atoms with Gasteiger partial charge in [-0.25, -0.2) is 0 Å². The quantitative estimate of drug-likeness (QED) is 0.521. The lowest BCUT2D eigenvalue weighted by Gasteiger charge is -2.03. The molecule has 0 atom stereocenters. The Kier molecular flexibility index (Phi) is 5.21. The molecular formula is C22H19NO. The first-order valence-electron chi connectivity index (χ1n) is 7.96. The predicted molar refractivity (Wildman–Crippen MR) is 98.6 cm³/mol. The van der Waals surface area contributed by atoms with Crippen LogP contribution < -0.4 is 5.32 Å². The molecule has 0 aromatic heterocycles. The molecule has 1 N–H and O–H groups in total. The van der Waals surface area contributed by atoms with Gasteiger partial charge < -0.3 is 5.32 Å². The molecule has 0 radical (unpaired) electrons. The molecule has 3 rings (SSSR count).